The molecule has 2 heteroatoms. The van der Waals surface area contributed by atoms with Crippen molar-refractivity contribution in [2.75, 3.05) is 6.61 Å². The number of hydrogen-bond donors (Lipinski definition) is 0. The average molecular weight is 205 g/mol. The predicted octanol–water partition coefficient (Wildman–Crippen LogP) is 3.35. The molecule has 0 saturated carbocycles. The second kappa shape index (κ2) is 4.96. The molecule has 15 heavy (non-hydrogen) atoms. The van der Waals surface area contributed by atoms with Crippen LogP contribution in [0.5, 0.6) is 0 Å². The maximum atomic E-state index is 4.97. The van der Waals surface area contributed by atoms with Crippen LogP contribution in [0.25, 0.3) is 0 Å². The highest BCUT2D eigenvalue weighted by Crippen LogP contribution is 2.24. The van der Waals surface area contributed by atoms with Crippen molar-refractivity contribution >= 4 is 6.21 Å². The van der Waals surface area contributed by atoms with Gasteiger partial charge < -0.3 is 4.84 Å². The lowest BCUT2D eigenvalue weighted by Crippen LogP contribution is -2.13. The molecular formula is C13H19NO. The van der Waals surface area contributed by atoms with Gasteiger partial charge in [-0.3, -0.25) is 0 Å². The molecule has 0 heterocycles. The van der Waals surface area contributed by atoms with Gasteiger partial charge in [-0.05, 0) is 23.5 Å². The highest BCUT2D eigenvalue weighted by atomic mass is 16.6. The number of hydrogen-bond acceptors (Lipinski definition) is 2. The maximum Gasteiger partial charge on any atom is 0.114 e. The summed E-state index contributed by atoms with van der Waals surface area (Å²) in [7, 11) is 0. The molecular weight excluding hydrogens is 186 g/mol. The lowest BCUT2D eigenvalue weighted by atomic mass is 9.84. The van der Waals surface area contributed by atoms with Crippen LogP contribution in [0.2, 0.25) is 0 Å². The summed E-state index contributed by atoms with van der Waals surface area (Å²) in [6.45, 7) is 9.11. The Morgan fingerprint density at radius 1 is 1.27 bits per heavy atom. The van der Waals surface area contributed by atoms with Gasteiger partial charge in [-0.15, -0.1) is 0 Å². The van der Waals surface area contributed by atoms with E-state index in [1.165, 1.54) is 5.56 Å². The molecule has 0 N–H and O–H groups in total. The van der Waals surface area contributed by atoms with E-state index in [0.717, 1.165) is 5.56 Å². The molecule has 1 aromatic rings. The van der Waals surface area contributed by atoms with Crippen LogP contribution in [0.15, 0.2) is 29.4 Å². The molecule has 0 radical (unpaired) electrons. The number of rotatable bonds is 3. The van der Waals surface area contributed by atoms with Gasteiger partial charge in [0.2, 0.25) is 0 Å². The summed E-state index contributed by atoms with van der Waals surface area (Å²) in [4.78, 5) is 4.97. The highest BCUT2D eigenvalue weighted by Gasteiger charge is 2.16. The molecule has 0 bridgehead atoms. The third kappa shape index (κ3) is 3.39. The number of benzene rings is 1. The average Bonchev–Trinajstić information content (AvgIpc) is 2.17. The maximum absolute atomic E-state index is 4.97. The largest absolute Gasteiger partial charge is 0.396 e. The Labute approximate surface area is 91.9 Å². The molecule has 0 fully saturated rings. The van der Waals surface area contributed by atoms with E-state index in [2.05, 4.69) is 44.1 Å². The quantitative estimate of drug-likeness (QED) is 0.547. The van der Waals surface area contributed by atoms with E-state index in [0.29, 0.717) is 6.61 Å². The Kier molecular flexibility index (Phi) is 3.89. The molecule has 0 aliphatic carbocycles. The zero-order chi connectivity index (χ0) is 11.3. The zero-order valence-electron chi connectivity index (χ0n) is 9.95. The minimum Gasteiger partial charge on any atom is -0.396 e. The van der Waals surface area contributed by atoms with Crippen molar-refractivity contribution in [3.8, 4) is 0 Å². The smallest absolute Gasteiger partial charge is 0.114 e. The monoisotopic (exact) mass is 205 g/mol. The van der Waals surface area contributed by atoms with E-state index in [9.17, 15) is 0 Å². The molecule has 0 aromatic heterocycles. The van der Waals surface area contributed by atoms with Crippen molar-refractivity contribution in [1.29, 1.82) is 0 Å². The van der Waals surface area contributed by atoms with Crippen molar-refractivity contribution in [3.63, 3.8) is 0 Å². The van der Waals surface area contributed by atoms with Crippen LogP contribution >= 0.6 is 0 Å². The Bertz CT molecular complexity index is 337. The Hall–Kier alpha value is -1.31. The summed E-state index contributed by atoms with van der Waals surface area (Å²) in [5.41, 5.74) is 2.54. The van der Waals surface area contributed by atoms with E-state index in [-0.39, 0.29) is 5.41 Å². The van der Waals surface area contributed by atoms with Crippen molar-refractivity contribution in [2.24, 2.45) is 5.16 Å². The summed E-state index contributed by atoms with van der Waals surface area (Å²) in [5.74, 6) is 0. The molecule has 82 valence electrons. The second-order valence-corrected chi connectivity index (χ2v) is 4.49. The Morgan fingerprint density at radius 3 is 2.53 bits per heavy atom. The standard InChI is InChI=1S/C13H19NO/c1-5-15-14-10-11-8-6-7-9-12(11)13(2,3)4/h6-10H,5H2,1-4H3. The Morgan fingerprint density at radius 2 is 1.93 bits per heavy atom. The zero-order valence-corrected chi connectivity index (χ0v) is 9.95. The third-order valence-corrected chi connectivity index (χ3v) is 2.16. The van der Waals surface area contributed by atoms with E-state index >= 15 is 0 Å². The van der Waals surface area contributed by atoms with Crippen LogP contribution < -0.4 is 0 Å². The van der Waals surface area contributed by atoms with Gasteiger partial charge in [-0.1, -0.05) is 50.2 Å². The number of oxime groups is 1. The molecule has 0 aliphatic heterocycles. The summed E-state index contributed by atoms with van der Waals surface area (Å²) < 4.78 is 0. The molecule has 0 unspecified atom stereocenters. The fourth-order valence-corrected chi connectivity index (χ4v) is 1.46. The fraction of sp³-hybridized carbons (Fsp3) is 0.462. The van der Waals surface area contributed by atoms with E-state index in [1.54, 1.807) is 6.21 Å². The van der Waals surface area contributed by atoms with Crippen LogP contribution in [0, 0.1) is 0 Å². The lowest BCUT2D eigenvalue weighted by molar-refractivity contribution is 0.160. The van der Waals surface area contributed by atoms with Crippen molar-refractivity contribution < 1.29 is 4.84 Å². The molecule has 0 amide bonds. The van der Waals surface area contributed by atoms with E-state index < -0.39 is 0 Å². The third-order valence-electron chi connectivity index (χ3n) is 2.16. The normalized spacial score (nSPS) is 12.0. The minimum atomic E-state index is 0.134. The van der Waals surface area contributed by atoms with Crippen LogP contribution in [-0.2, 0) is 10.3 Å². The topological polar surface area (TPSA) is 21.6 Å². The molecule has 0 saturated heterocycles. The Balaban J connectivity index is 2.97. The SMILES string of the molecule is CCON=Cc1ccccc1C(C)(C)C. The highest BCUT2D eigenvalue weighted by molar-refractivity contribution is 5.81. The van der Waals surface area contributed by atoms with Gasteiger partial charge in [-0.2, -0.15) is 0 Å². The lowest BCUT2D eigenvalue weighted by Gasteiger charge is -2.21. The van der Waals surface area contributed by atoms with Gasteiger partial charge in [0.1, 0.15) is 6.61 Å². The summed E-state index contributed by atoms with van der Waals surface area (Å²) in [6.07, 6.45) is 1.78. The van der Waals surface area contributed by atoms with E-state index in [4.69, 9.17) is 4.84 Å². The van der Waals surface area contributed by atoms with Crippen LogP contribution in [0.4, 0.5) is 0 Å². The molecule has 0 spiro atoms. The summed E-state index contributed by atoms with van der Waals surface area (Å²) in [6, 6.07) is 8.26. The molecule has 0 aliphatic rings. The number of nitrogens with zero attached hydrogens (tertiary/aromatic N) is 1. The first-order chi connectivity index (χ1) is 7.05. The van der Waals surface area contributed by atoms with Gasteiger partial charge >= 0.3 is 0 Å². The first-order valence-corrected chi connectivity index (χ1v) is 5.30. The van der Waals surface area contributed by atoms with Gasteiger partial charge in [0.05, 0.1) is 6.21 Å². The van der Waals surface area contributed by atoms with Gasteiger partial charge in [0.25, 0.3) is 0 Å². The van der Waals surface area contributed by atoms with Crippen LogP contribution in [0.1, 0.15) is 38.8 Å². The molecule has 0 atom stereocenters. The minimum absolute atomic E-state index is 0.134. The molecule has 1 aromatic carbocycles. The molecule has 1 rings (SSSR count). The summed E-state index contributed by atoms with van der Waals surface area (Å²) in [5, 5.41) is 3.91. The van der Waals surface area contributed by atoms with Gasteiger partial charge in [0.15, 0.2) is 0 Å². The summed E-state index contributed by atoms with van der Waals surface area (Å²) >= 11 is 0. The second-order valence-electron chi connectivity index (χ2n) is 4.49. The van der Waals surface area contributed by atoms with Crippen LogP contribution in [-0.4, -0.2) is 12.8 Å². The van der Waals surface area contributed by atoms with Crippen molar-refractivity contribution in [3.05, 3.63) is 35.4 Å². The first-order valence-electron chi connectivity index (χ1n) is 5.30. The van der Waals surface area contributed by atoms with Gasteiger partial charge in [-0.25, -0.2) is 0 Å². The van der Waals surface area contributed by atoms with E-state index in [1.807, 2.05) is 13.0 Å². The molecule has 2 nitrogen and oxygen atoms in total. The predicted molar refractivity (Wildman–Crippen MR) is 64.4 cm³/mol. The van der Waals surface area contributed by atoms with Crippen molar-refractivity contribution in [2.45, 2.75) is 33.1 Å². The van der Waals surface area contributed by atoms with Crippen molar-refractivity contribution in [1.82, 2.24) is 0 Å². The first kappa shape index (κ1) is 11.8. The van der Waals surface area contributed by atoms with Gasteiger partial charge in [0, 0.05) is 0 Å². The van der Waals surface area contributed by atoms with Crippen LogP contribution in [0.3, 0.4) is 0 Å². The fourth-order valence-electron chi connectivity index (χ4n) is 1.46.